The number of hydrogen-bond acceptors (Lipinski definition) is 4. The molecular formula is C29H37NO5. The van der Waals surface area contributed by atoms with Crippen molar-refractivity contribution in [3.8, 4) is 22.8 Å². The van der Waals surface area contributed by atoms with E-state index in [1.165, 1.54) is 5.69 Å². The average Bonchev–Trinajstić information content (AvgIpc) is 3.29. The Morgan fingerprint density at radius 3 is 2.17 bits per heavy atom. The Morgan fingerprint density at radius 1 is 0.971 bits per heavy atom. The van der Waals surface area contributed by atoms with Crippen LogP contribution in [0.15, 0.2) is 60.7 Å². The molecule has 0 bridgehead atoms. The third-order valence-corrected chi connectivity index (χ3v) is 6.37. The quantitative estimate of drug-likeness (QED) is 0.317. The molecule has 0 saturated heterocycles. The Morgan fingerprint density at radius 2 is 1.63 bits per heavy atom. The molecule has 3 rings (SSSR count). The molecule has 0 aliphatic rings. The number of ether oxygens (including phenoxy) is 3. The summed E-state index contributed by atoms with van der Waals surface area (Å²) in [6.45, 7) is 9.64. The largest absolute Gasteiger partial charge is 0.497 e. The maximum absolute atomic E-state index is 11.8. The second-order valence-electron chi connectivity index (χ2n) is 8.93. The summed E-state index contributed by atoms with van der Waals surface area (Å²) in [5.41, 5.74) is 3.25. The lowest BCUT2D eigenvalue weighted by Crippen LogP contribution is -2.43. The zero-order chi connectivity index (χ0) is 25.4. The van der Waals surface area contributed by atoms with Gasteiger partial charge in [0.2, 0.25) is 0 Å². The predicted octanol–water partition coefficient (Wildman–Crippen LogP) is 6.18. The van der Waals surface area contributed by atoms with Gasteiger partial charge in [0.1, 0.15) is 18.1 Å². The lowest BCUT2D eigenvalue weighted by Gasteiger charge is -2.28. The highest BCUT2D eigenvalue weighted by molar-refractivity contribution is 5.78. The first kappa shape index (κ1) is 26.4. The fourth-order valence-corrected chi connectivity index (χ4v) is 4.38. The van der Waals surface area contributed by atoms with E-state index in [2.05, 4.69) is 42.7 Å². The normalized spacial score (nSPS) is 13.0. The number of carboxylic acid groups (broad SMARTS) is 1. The van der Waals surface area contributed by atoms with Crippen LogP contribution in [-0.4, -0.2) is 41.6 Å². The van der Waals surface area contributed by atoms with Gasteiger partial charge in [-0.3, -0.25) is 0 Å². The summed E-state index contributed by atoms with van der Waals surface area (Å²) < 4.78 is 19.3. The molecule has 1 unspecified atom stereocenters. The van der Waals surface area contributed by atoms with Crippen LogP contribution in [-0.2, 0) is 22.5 Å². The average molecular weight is 480 g/mol. The molecule has 1 aromatic heterocycles. The third kappa shape index (κ3) is 6.25. The molecule has 6 heteroatoms. The Labute approximate surface area is 208 Å². The van der Waals surface area contributed by atoms with Gasteiger partial charge in [0, 0.05) is 24.4 Å². The van der Waals surface area contributed by atoms with Gasteiger partial charge < -0.3 is 23.9 Å². The standard InChI is InChI=1S/C29H37NO5/c1-6-29(28(31)32,35-7-2)20-22-8-12-25(13-9-22)34-19-18-30-26(21(3)4)16-17-27(30)23-10-14-24(33-5)15-11-23/h8-17,21H,6-7,18-20H2,1-5H3,(H,31,32). The van der Waals surface area contributed by atoms with E-state index in [-0.39, 0.29) is 0 Å². The summed E-state index contributed by atoms with van der Waals surface area (Å²) in [6, 6.07) is 20.1. The number of nitrogens with zero attached hydrogens (tertiary/aromatic N) is 1. The highest BCUT2D eigenvalue weighted by Gasteiger charge is 2.37. The number of hydrogen-bond donors (Lipinski definition) is 1. The molecule has 188 valence electrons. The summed E-state index contributed by atoms with van der Waals surface area (Å²) in [4.78, 5) is 11.8. The molecule has 3 aromatic rings. The zero-order valence-electron chi connectivity index (χ0n) is 21.4. The maximum Gasteiger partial charge on any atom is 0.336 e. The fraction of sp³-hybridized carbons (Fsp3) is 0.414. The van der Waals surface area contributed by atoms with Crippen LogP contribution < -0.4 is 9.47 Å². The van der Waals surface area contributed by atoms with Crippen molar-refractivity contribution >= 4 is 5.97 Å². The summed E-state index contributed by atoms with van der Waals surface area (Å²) in [5, 5.41) is 9.71. The molecule has 0 amide bonds. The number of carbonyl (C=O) groups is 1. The minimum absolute atomic E-state index is 0.319. The van der Waals surface area contributed by atoms with Crippen LogP contribution in [0.2, 0.25) is 0 Å². The highest BCUT2D eigenvalue weighted by Crippen LogP contribution is 2.29. The van der Waals surface area contributed by atoms with Gasteiger partial charge in [-0.2, -0.15) is 0 Å². The van der Waals surface area contributed by atoms with Crippen LogP contribution in [0.25, 0.3) is 11.3 Å². The molecule has 35 heavy (non-hydrogen) atoms. The van der Waals surface area contributed by atoms with Gasteiger partial charge in [0.15, 0.2) is 5.60 Å². The van der Waals surface area contributed by atoms with Crippen LogP contribution in [0.1, 0.15) is 51.3 Å². The van der Waals surface area contributed by atoms with E-state index >= 15 is 0 Å². The van der Waals surface area contributed by atoms with Crippen molar-refractivity contribution in [2.24, 2.45) is 0 Å². The molecule has 1 heterocycles. The van der Waals surface area contributed by atoms with Crippen LogP contribution in [0.4, 0.5) is 0 Å². The van der Waals surface area contributed by atoms with Gasteiger partial charge in [0.05, 0.1) is 13.7 Å². The van der Waals surface area contributed by atoms with Crippen LogP contribution in [0.5, 0.6) is 11.5 Å². The Kier molecular flexibility index (Phi) is 8.99. The van der Waals surface area contributed by atoms with Crippen LogP contribution >= 0.6 is 0 Å². The first-order valence-electron chi connectivity index (χ1n) is 12.3. The van der Waals surface area contributed by atoms with E-state index in [1.807, 2.05) is 50.2 Å². The second-order valence-corrected chi connectivity index (χ2v) is 8.93. The minimum Gasteiger partial charge on any atom is -0.497 e. The van der Waals surface area contributed by atoms with Crippen molar-refractivity contribution in [2.75, 3.05) is 20.3 Å². The van der Waals surface area contributed by atoms with Crippen LogP contribution in [0.3, 0.4) is 0 Å². The number of aromatic nitrogens is 1. The number of methoxy groups -OCH3 is 1. The molecule has 0 radical (unpaired) electrons. The molecular weight excluding hydrogens is 442 g/mol. The lowest BCUT2D eigenvalue weighted by molar-refractivity contribution is -0.166. The van der Waals surface area contributed by atoms with Crippen molar-refractivity contribution < 1.29 is 24.1 Å². The van der Waals surface area contributed by atoms with Gasteiger partial charge in [-0.25, -0.2) is 4.79 Å². The first-order valence-corrected chi connectivity index (χ1v) is 12.3. The van der Waals surface area contributed by atoms with Gasteiger partial charge in [0.25, 0.3) is 0 Å². The maximum atomic E-state index is 11.8. The molecule has 0 aliphatic heterocycles. The van der Waals surface area contributed by atoms with E-state index in [9.17, 15) is 9.90 Å². The van der Waals surface area contributed by atoms with Crippen molar-refractivity contribution in [1.29, 1.82) is 0 Å². The highest BCUT2D eigenvalue weighted by atomic mass is 16.5. The van der Waals surface area contributed by atoms with E-state index in [0.717, 1.165) is 28.3 Å². The fourth-order valence-electron chi connectivity index (χ4n) is 4.38. The zero-order valence-corrected chi connectivity index (χ0v) is 21.4. The number of benzene rings is 2. The molecule has 6 nitrogen and oxygen atoms in total. The monoisotopic (exact) mass is 479 g/mol. The summed E-state index contributed by atoms with van der Waals surface area (Å²) in [7, 11) is 1.67. The first-order chi connectivity index (χ1) is 16.8. The Bertz CT molecular complexity index is 1090. The summed E-state index contributed by atoms with van der Waals surface area (Å²) in [5.74, 6) is 1.05. The van der Waals surface area contributed by atoms with Crippen molar-refractivity contribution in [3.05, 3.63) is 71.9 Å². The van der Waals surface area contributed by atoms with Gasteiger partial charge in [-0.05, 0) is 78.9 Å². The van der Waals surface area contributed by atoms with E-state index in [1.54, 1.807) is 7.11 Å². The molecule has 2 aromatic carbocycles. The van der Waals surface area contributed by atoms with Crippen LogP contribution in [0, 0.1) is 0 Å². The lowest BCUT2D eigenvalue weighted by atomic mass is 9.91. The molecule has 0 fully saturated rings. The smallest absolute Gasteiger partial charge is 0.336 e. The van der Waals surface area contributed by atoms with Crippen molar-refractivity contribution in [2.45, 2.75) is 58.6 Å². The molecule has 0 spiro atoms. The van der Waals surface area contributed by atoms with Crippen molar-refractivity contribution in [1.82, 2.24) is 4.57 Å². The van der Waals surface area contributed by atoms with Gasteiger partial charge in [-0.1, -0.05) is 32.9 Å². The third-order valence-electron chi connectivity index (χ3n) is 6.37. The topological polar surface area (TPSA) is 69.9 Å². The molecule has 0 saturated carbocycles. The van der Waals surface area contributed by atoms with Gasteiger partial charge in [-0.15, -0.1) is 0 Å². The molecule has 1 atom stereocenters. The van der Waals surface area contributed by atoms with Crippen molar-refractivity contribution in [3.63, 3.8) is 0 Å². The number of rotatable bonds is 13. The molecule has 1 N–H and O–H groups in total. The van der Waals surface area contributed by atoms with E-state index in [4.69, 9.17) is 14.2 Å². The molecule has 0 aliphatic carbocycles. The summed E-state index contributed by atoms with van der Waals surface area (Å²) >= 11 is 0. The Hall–Kier alpha value is -3.25. The van der Waals surface area contributed by atoms with Gasteiger partial charge >= 0.3 is 5.97 Å². The number of carboxylic acids is 1. The second kappa shape index (κ2) is 11.9. The van der Waals surface area contributed by atoms with E-state index in [0.29, 0.717) is 38.5 Å². The summed E-state index contributed by atoms with van der Waals surface area (Å²) in [6.07, 6.45) is 0.722. The SMILES string of the molecule is CCOC(CC)(Cc1ccc(OCCn2c(-c3ccc(OC)cc3)ccc2C(C)C)cc1)C(=O)O. The minimum atomic E-state index is -1.20. The number of aliphatic carboxylic acids is 1. The Balaban J connectivity index is 1.69. The van der Waals surface area contributed by atoms with E-state index < -0.39 is 11.6 Å². The predicted molar refractivity (Wildman–Crippen MR) is 138 cm³/mol.